The van der Waals surface area contributed by atoms with Gasteiger partial charge in [0, 0.05) is 18.2 Å². The minimum absolute atomic E-state index is 0.206. The van der Waals surface area contributed by atoms with Crippen LogP contribution in [0.3, 0.4) is 0 Å². The second-order valence-electron chi connectivity index (χ2n) is 5.00. The maximum Gasteiger partial charge on any atom is 0.251 e. The summed E-state index contributed by atoms with van der Waals surface area (Å²) in [7, 11) is 0. The number of likely N-dealkylation sites (tertiary alicyclic amines) is 1. The van der Waals surface area contributed by atoms with Gasteiger partial charge in [0.25, 0.3) is 5.91 Å². The molecule has 0 aromatic heterocycles. The van der Waals surface area contributed by atoms with E-state index in [9.17, 15) is 19.8 Å². The van der Waals surface area contributed by atoms with E-state index in [0.717, 1.165) is 0 Å². The first-order valence-electron chi connectivity index (χ1n) is 6.74. The lowest BCUT2D eigenvalue weighted by atomic mass is 10.1. The van der Waals surface area contributed by atoms with Crippen LogP contribution in [0.1, 0.15) is 16.8 Å². The predicted molar refractivity (Wildman–Crippen MR) is 75.1 cm³/mol. The van der Waals surface area contributed by atoms with Gasteiger partial charge in [0.2, 0.25) is 5.91 Å². The van der Waals surface area contributed by atoms with E-state index in [1.54, 1.807) is 24.3 Å². The molecule has 1 aliphatic heterocycles. The summed E-state index contributed by atoms with van der Waals surface area (Å²) in [5, 5.41) is 21.5. The summed E-state index contributed by atoms with van der Waals surface area (Å²) in [6.07, 6.45) is -1.37. The maximum atomic E-state index is 12.1. The van der Waals surface area contributed by atoms with Crippen LogP contribution < -0.4 is 11.1 Å². The summed E-state index contributed by atoms with van der Waals surface area (Å²) in [6.45, 7) is 0.0134. The van der Waals surface area contributed by atoms with E-state index in [0.29, 0.717) is 5.56 Å². The zero-order valence-electron chi connectivity index (χ0n) is 11.5. The lowest BCUT2D eigenvalue weighted by molar-refractivity contribution is -0.141. The number of aliphatic hydroxyl groups is 2. The highest BCUT2D eigenvalue weighted by molar-refractivity contribution is 5.94. The Kier molecular flexibility index (Phi) is 4.89. The molecule has 21 heavy (non-hydrogen) atoms. The third-order valence-corrected chi connectivity index (χ3v) is 3.55. The third kappa shape index (κ3) is 3.57. The quantitative estimate of drug-likeness (QED) is 0.513. The number of aliphatic hydroxyl groups excluding tert-OH is 1. The van der Waals surface area contributed by atoms with Gasteiger partial charge in [-0.3, -0.25) is 9.59 Å². The van der Waals surface area contributed by atoms with Crippen molar-refractivity contribution < 1.29 is 19.8 Å². The van der Waals surface area contributed by atoms with E-state index in [1.165, 1.54) is 4.90 Å². The van der Waals surface area contributed by atoms with Crippen molar-refractivity contribution in [1.29, 1.82) is 0 Å². The van der Waals surface area contributed by atoms with Crippen molar-refractivity contribution >= 4 is 11.8 Å². The molecule has 114 valence electrons. The standard InChI is InChI=1S/C14H19N3O4/c15-7-12(18)17-8-10(6-11(17)14(20)21)16-13(19)9-4-2-1-3-5-9/h1-5,10-11,14,20-21H,6-8,15H2,(H,16,19)/t10-,11-/m1/s1. The highest BCUT2D eigenvalue weighted by Crippen LogP contribution is 2.20. The molecule has 1 heterocycles. The average molecular weight is 293 g/mol. The molecule has 1 aromatic rings. The Balaban J connectivity index is 2.02. The summed E-state index contributed by atoms with van der Waals surface area (Å²) in [4.78, 5) is 25.1. The molecule has 2 amide bonds. The van der Waals surface area contributed by atoms with Crippen molar-refractivity contribution in [2.24, 2.45) is 5.73 Å². The Morgan fingerprint density at radius 1 is 1.33 bits per heavy atom. The average Bonchev–Trinajstić information content (AvgIpc) is 2.91. The fraction of sp³-hybridized carbons (Fsp3) is 0.429. The van der Waals surface area contributed by atoms with E-state index in [4.69, 9.17) is 5.73 Å². The number of nitrogens with two attached hydrogens (primary N) is 1. The van der Waals surface area contributed by atoms with Gasteiger partial charge in [0.15, 0.2) is 6.29 Å². The molecule has 0 bridgehead atoms. The minimum Gasteiger partial charge on any atom is -0.366 e. The Hall–Kier alpha value is -1.96. The van der Waals surface area contributed by atoms with Crippen LogP contribution in [0.15, 0.2) is 30.3 Å². The van der Waals surface area contributed by atoms with E-state index < -0.39 is 12.3 Å². The van der Waals surface area contributed by atoms with Crippen LogP contribution in [0.5, 0.6) is 0 Å². The summed E-state index contributed by atoms with van der Waals surface area (Å²) >= 11 is 0. The van der Waals surface area contributed by atoms with Crippen molar-refractivity contribution in [3.63, 3.8) is 0 Å². The molecule has 0 unspecified atom stereocenters. The number of carbonyl (C=O) groups excluding carboxylic acids is 2. The van der Waals surface area contributed by atoms with Crippen molar-refractivity contribution in [3.05, 3.63) is 35.9 Å². The number of nitrogens with zero attached hydrogens (tertiary/aromatic N) is 1. The van der Waals surface area contributed by atoms with E-state index >= 15 is 0 Å². The molecule has 7 nitrogen and oxygen atoms in total. The summed E-state index contributed by atoms with van der Waals surface area (Å²) < 4.78 is 0. The second-order valence-corrected chi connectivity index (χ2v) is 5.00. The number of rotatable bonds is 4. The number of hydrogen-bond acceptors (Lipinski definition) is 5. The first kappa shape index (κ1) is 15.4. The van der Waals surface area contributed by atoms with Crippen molar-refractivity contribution in [2.45, 2.75) is 24.8 Å². The van der Waals surface area contributed by atoms with Gasteiger partial charge >= 0.3 is 0 Å². The van der Waals surface area contributed by atoms with Gasteiger partial charge in [-0.25, -0.2) is 0 Å². The van der Waals surface area contributed by atoms with Gasteiger partial charge in [0.05, 0.1) is 12.6 Å². The first-order chi connectivity index (χ1) is 10.0. The van der Waals surface area contributed by atoms with Crippen LogP contribution in [-0.4, -0.2) is 58.4 Å². The van der Waals surface area contributed by atoms with Crippen LogP contribution in [0.4, 0.5) is 0 Å². The lowest BCUT2D eigenvalue weighted by Crippen LogP contribution is -2.45. The van der Waals surface area contributed by atoms with Crippen LogP contribution in [-0.2, 0) is 4.79 Å². The fourth-order valence-electron chi connectivity index (χ4n) is 2.52. The first-order valence-corrected chi connectivity index (χ1v) is 6.74. The SMILES string of the molecule is NCC(=O)N1C[C@H](NC(=O)c2ccccc2)C[C@@H]1C(O)O. The number of nitrogens with one attached hydrogen (secondary N) is 1. The third-order valence-electron chi connectivity index (χ3n) is 3.55. The van der Waals surface area contributed by atoms with E-state index in [-0.39, 0.29) is 37.4 Å². The normalized spacial score (nSPS) is 21.6. The lowest BCUT2D eigenvalue weighted by Gasteiger charge is -2.24. The molecule has 0 radical (unpaired) electrons. The zero-order valence-corrected chi connectivity index (χ0v) is 11.5. The Morgan fingerprint density at radius 2 is 2.00 bits per heavy atom. The topological polar surface area (TPSA) is 116 Å². The van der Waals surface area contributed by atoms with Crippen molar-refractivity contribution in [2.75, 3.05) is 13.1 Å². The van der Waals surface area contributed by atoms with Crippen LogP contribution in [0.2, 0.25) is 0 Å². The molecule has 1 aromatic carbocycles. The van der Waals surface area contributed by atoms with Gasteiger partial charge < -0.3 is 26.2 Å². The Morgan fingerprint density at radius 3 is 2.57 bits per heavy atom. The molecule has 0 aliphatic carbocycles. The Bertz CT molecular complexity index is 506. The van der Waals surface area contributed by atoms with E-state index in [1.807, 2.05) is 6.07 Å². The van der Waals surface area contributed by atoms with E-state index in [2.05, 4.69) is 5.32 Å². The molecule has 1 fully saturated rings. The second kappa shape index (κ2) is 6.66. The summed E-state index contributed by atoms with van der Waals surface area (Å²) in [5.41, 5.74) is 5.83. The van der Waals surface area contributed by atoms with Crippen LogP contribution in [0.25, 0.3) is 0 Å². The highest BCUT2D eigenvalue weighted by atomic mass is 16.5. The summed E-state index contributed by atoms with van der Waals surface area (Å²) in [6, 6.07) is 7.62. The van der Waals surface area contributed by atoms with Crippen LogP contribution in [0, 0.1) is 0 Å². The maximum absolute atomic E-state index is 12.1. The largest absolute Gasteiger partial charge is 0.366 e. The summed E-state index contributed by atoms with van der Waals surface area (Å²) in [5.74, 6) is -0.626. The molecule has 2 atom stereocenters. The predicted octanol–water partition coefficient (Wildman–Crippen LogP) is -1.34. The zero-order chi connectivity index (χ0) is 15.4. The minimum atomic E-state index is -1.65. The molecule has 7 heteroatoms. The molecule has 0 saturated carbocycles. The number of benzene rings is 1. The van der Waals surface area contributed by atoms with Gasteiger partial charge in [-0.1, -0.05) is 18.2 Å². The fourth-order valence-corrected chi connectivity index (χ4v) is 2.52. The van der Waals surface area contributed by atoms with Gasteiger partial charge in [0.1, 0.15) is 0 Å². The highest BCUT2D eigenvalue weighted by Gasteiger charge is 2.38. The molecule has 0 spiro atoms. The smallest absolute Gasteiger partial charge is 0.251 e. The molecular weight excluding hydrogens is 274 g/mol. The molecule has 5 N–H and O–H groups in total. The van der Waals surface area contributed by atoms with Gasteiger partial charge in [-0.05, 0) is 18.6 Å². The molecule has 1 aliphatic rings. The number of hydrogen-bond donors (Lipinski definition) is 4. The van der Waals surface area contributed by atoms with Crippen molar-refractivity contribution in [3.8, 4) is 0 Å². The van der Waals surface area contributed by atoms with Crippen molar-refractivity contribution in [1.82, 2.24) is 10.2 Å². The van der Waals surface area contributed by atoms with Gasteiger partial charge in [-0.15, -0.1) is 0 Å². The van der Waals surface area contributed by atoms with Crippen LogP contribution >= 0.6 is 0 Å². The molecule has 2 rings (SSSR count). The molecular formula is C14H19N3O4. The number of carbonyl (C=O) groups is 2. The Labute approximate surface area is 122 Å². The van der Waals surface area contributed by atoms with Gasteiger partial charge in [-0.2, -0.15) is 0 Å². The monoisotopic (exact) mass is 293 g/mol. The molecule has 1 saturated heterocycles. The number of amides is 2.